The third kappa shape index (κ3) is 2.59. The van der Waals surface area contributed by atoms with Crippen molar-refractivity contribution >= 4 is 35.7 Å². The normalized spacial score (nSPS) is 19.8. The molecule has 1 aliphatic rings. The van der Waals surface area contributed by atoms with Crippen molar-refractivity contribution in [2.24, 2.45) is 5.73 Å². The number of fused-ring (bicyclic) bond motifs is 1. The second-order valence-electron chi connectivity index (χ2n) is 7.40. The fraction of sp³-hybridized carbons (Fsp3) is 0.333. The Balaban J connectivity index is 1.85. The van der Waals surface area contributed by atoms with Crippen LogP contribution < -0.4 is 5.73 Å². The summed E-state index contributed by atoms with van der Waals surface area (Å²) >= 11 is 1.63. The van der Waals surface area contributed by atoms with Gasteiger partial charge in [0.1, 0.15) is 10.7 Å². The van der Waals surface area contributed by atoms with Gasteiger partial charge in [-0.05, 0) is 18.5 Å². The highest BCUT2D eigenvalue weighted by Crippen LogP contribution is 2.42. The van der Waals surface area contributed by atoms with Crippen molar-refractivity contribution in [3.05, 3.63) is 42.1 Å². The van der Waals surface area contributed by atoms with Crippen LogP contribution in [0.25, 0.3) is 20.9 Å². The first-order chi connectivity index (χ1) is 11.4. The molecule has 24 heavy (non-hydrogen) atoms. The summed E-state index contributed by atoms with van der Waals surface area (Å²) in [4.78, 5) is 16.8. The van der Waals surface area contributed by atoms with Crippen molar-refractivity contribution in [2.45, 2.75) is 37.6 Å². The Hall–Kier alpha value is -1.92. The molecule has 0 radical (unpaired) electrons. The maximum absolute atomic E-state index is 12.0. The average molecular weight is 356 g/mol. The van der Waals surface area contributed by atoms with E-state index in [0.29, 0.717) is 11.7 Å². The fourth-order valence-corrected chi connectivity index (χ4v) is 7.76. The molecule has 1 fully saturated rings. The summed E-state index contributed by atoms with van der Waals surface area (Å²) < 4.78 is 3.18. The molecule has 2 aromatic heterocycles. The Morgan fingerprint density at radius 1 is 1.33 bits per heavy atom. The lowest BCUT2D eigenvalue weighted by molar-refractivity contribution is 0.0990. The van der Waals surface area contributed by atoms with E-state index < -0.39 is 8.07 Å². The minimum Gasteiger partial charge on any atom is -0.364 e. The largest absolute Gasteiger partial charge is 0.364 e. The zero-order valence-corrected chi connectivity index (χ0v) is 15.8. The van der Waals surface area contributed by atoms with Gasteiger partial charge in [0.25, 0.3) is 5.91 Å². The van der Waals surface area contributed by atoms with E-state index in [0.717, 1.165) is 27.3 Å². The molecule has 0 saturated carbocycles. The molecule has 0 aliphatic carbocycles. The predicted octanol–water partition coefficient (Wildman–Crippen LogP) is 4.52. The molecule has 4 nitrogen and oxygen atoms in total. The van der Waals surface area contributed by atoms with Crippen LogP contribution in [0.1, 0.15) is 23.0 Å². The van der Waals surface area contributed by atoms with Gasteiger partial charge in [-0.25, -0.2) is 4.98 Å². The van der Waals surface area contributed by atoms with Crippen molar-refractivity contribution in [2.75, 3.05) is 0 Å². The number of thiazole rings is 1. The highest BCUT2D eigenvalue weighted by molar-refractivity contribution is 7.21. The van der Waals surface area contributed by atoms with Crippen molar-refractivity contribution in [3.8, 4) is 10.6 Å². The number of nitrogens with two attached hydrogens (primary N) is 1. The molecule has 1 aliphatic heterocycles. The van der Waals surface area contributed by atoms with Crippen molar-refractivity contribution in [3.63, 3.8) is 0 Å². The van der Waals surface area contributed by atoms with E-state index in [1.807, 2.05) is 24.3 Å². The summed E-state index contributed by atoms with van der Waals surface area (Å²) in [7, 11) is -1.16. The van der Waals surface area contributed by atoms with Crippen LogP contribution in [-0.2, 0) is 0 Å². The third-order valence-electron chi connectivity index (χ3n) is 4.97. The molecule has 3 aromatic rings. The van der Waals surface area contributed by atoms with Crippen LogP contribution in [0, 0.1) is 0 Å². The maximum Gasteiger partial charge on any atom is 0.265 e. The van der Waals surface area contributed by atoms with Gasteiger partial charge in [0.15, 0.2) is 5.65 Å². The summed E-state index contributed by atoms with van der Waals surface area (Å²) in [5.74, 6) is -0.354. The van der Waals surface area contributed by atoms with E-state index in [-0.39, 0.29) is 5.91 Å². The van der Waals surface area contributed by atoms with Crippen molar-refractivity contribution in [1.29, 1.82) is 0 Å². The van der Waals surface area contributed by atoms with Gasteiger partial charge >= 0.3 is 0 Å². The number of carbonyl (C=O) groups is 1. The van der Waals surface area contributed by atoms with Crippen LogP contribution in [0.3, 0.4) is 0 Å². The van der Waals surface area contributed by atoms with Gasteiger partial charge < -0.3 is 10.3 Å². The predicted molar refractivity (Wildman–Crippen MR) is 102 cm³/mol. The number of aromatic nitrogens is 2. The number of amides is 1. The Kier molecular flexibility index (Phi) is 3.62. The molecule has 1 saturated heterocycles. The van der Waals surface area contributed by atoms with Crippen LogP contribution in [0.4, 0.5) is 0 Å². The molecule has 1 unspecified atom stereocenters. The second kappa shape index (κ2) is 5.56. The molecule has 1 atom stereocenters. The van der Waals surface area contributed by atoms with E-state index in [4.69, 9.17) is 10.7 Å². The number of carbonyl (C=O) groups excluding carboxylic acids is 1. The zero-order chi connectivity index (χ0) is 16.9. The molecule has 3 heterocycles. The van der Waals surface area contributed by atoms with Crippen molar-refractivity contribution < 1.29 is 4.79 Å². The third-order valence-corrected chi connectivity index (χ3v) is 9.23. The lowest BCUT2D eigenvalue weighted by Gasteiger charge is -2.18. The first-order valence-electron chi connectivity index (χ1n) is 8.32. The smallest absolute Gasteiger partial charge is 0.265 e. The molecule has 4 rings (SSSR count). The van der Waals surface area contributed by atoms with Crippen LogP contribution in [0.5, 0.6) is 0 Å². The number of benzene rings is 1. The van der Waals surface area contributed by atoms with Gasteiger partial charge in [0.2, 0.25) is 0 Å². The van der Waals surface area contributed by atoms with E-state index in [1.165, 1.54) is 12.1 Å². The number of hydrogen-bond acceptors (Lipinski definition) is 3. The lowest BCUT2D eigenvalue weighted by atomic mass is 10.2. The quantitative estimate of drug-likeness (QED) is 0.702. The zero-order valence-electron chi connectivity index (χ0n) is 14.0. The minimum absolute atomic E-state index is 0.354. The second-order valence-corrected chi connectivity index (χ2v) is 13.7. The summed E-state index contributed by atoms with van der Waals surface area (Å²) in [5.41, 5.74) is 8.30. The molecule has 0 spiro atoms. The summed E-state index contributed by atoms with van der Waals surface area (Å²) in [6, 6.07) is 15.0. The van der Waals surface area contributed by atoms with Gasteiger partial charge in [0, 0.05) is 19.7 Å². The van der Waals surface area contributed by atoms with Gasteiger partial charge in [-0.1, -0.05) is 49.5 Å². The van der Waals surface area contributed by atoms with Gasteiger partial charge in [0.05, 0.1) is 4.70 Å². The molecule has 1 aromatic carbocycles. The summed E-state index contributed by atoms with van der Waals surface area (Å²) in [6.07, 6.45) is 1.13. The van der Waals surface area contributed by atoms with E-state index >= 15 is 0 Å². The standard InChI is InChI=1S/C18H21N3OSSi/c1-24(2)9-8-13(11-24)21-14(16(19)22)10-15-17(21)20-18(23-15)12-6-4-3-5-7-12/h3-7,10,13H,8-9,11H2,1-2H3,(H2,19,22). The van der Waals surface area contributed by atoms with Gasteiger partial charge in [-0.3, -0.25) is 4.79 Å². The Bertz CT molecular complexity index is 913. The van der Waals surface area contributed by atoms with Crippen LogP contribution >= 0.6 is 11.3 Å². The molecule has 0 bridgehead atoms. The highest BCUT2D eigenvalue weighted by Gasteiger charge is 2.36. The van der Waals surface area contributed by atoms with Gasteiger partial charge in [-0.15, -0.1) is 11.3 Å². The molecule has 2 N–H and O–H groups in total. The maximum atomic E-state index is 12.0. The molecular formula is C18H21N3OSSi. The Morgan fingerprint density at radius 3 is 2.71 bits per heavy atom. The first kappa shape index (κ1) is 15.6. The van der Waals surface area contributed by atoms with E-state index in [9.17, 15) is 4.79 Å². The van der Waals surface area contributed by atoms with E-state index in [2.05, 4.69) is 29.8 Å². The van der Waals surface area contributed by atoms with Crippen LogP contribution in [0.15, 0.2) is 36.4 Å². The van der Waals surface area contributed by atoms with Crippen molar-refractivity contribution in [1.82, 2.24) is 9.55 Å². The average Bonchev–Trinajstić information content (AvgIpc) is 3.19. The first-order valence-corrected chi connectivity index (χ1v) is 12.5. The Morgan fingerprint density at radius 2 is 2.08 bits per heavy atom. The molecule has 124 valence electrons. The summed E-state index contributed by atoms with van der Waals surface area (Å²) in [5, 5.41) is 1.000. The Labute approximate surface area is 146 Å². The number of primary amides is 1. The highest BCUT2D eigenvalue weighted by atomic mass is 32.1. The molecular weight excluding hydrogens is 334 g/mol. The SMILES string of the molecule is C[Si]1(C)CCC(n2c(C(N)=O)cc3sc(-c4ccccc4)nc32)C1. The fourth-order valence-electron chi connectivity index (χ4n) is 3.78. The van der Waals surface area contributed by atoms with Crippen LogP contribution in [-0.4, -0.2) is 23.5 Å². The van der Waals surface area contributed by atoms with Crippen LogP contribution in [0.2, 0.25) is 25.2 Å². The number of rotatable bonds is 3. The topological polar surface area (TPSA) is 60.9 Å². The minimum atomic E-state index is -1.16. The number of nitrogens with zero attached hydrogens (tertiary/aromatic N) is 2. The lowest BCUT2D eigenvalue weighted by Crippen LogP contribution is -2.23. The monoisotopic (exact) mass is 355 g/mol. The van der Waals surface area contributed by atoms with E-state index in [1.54, 1.807) is 11.3 Å². The number of hydrogen-bond donors (Lipinski definition) is 1. The molecule has 6 heteroatoms. The molecule has 1 amide bonds. The summed E-state index contributed by atoms with van der Waals surface area (Å²) in [6.45, 7) is 4.85. The van der Waals surface area contributed by atoms with Gasteiger partial charge in [-0.2, -0.15) is 0 Å².